The van der Waals surface area contributed by atoms with E-state index in [0.29, 0.717) is 15.4 Å². The van der Waals surface area contributed by atoms with E-state index in [1.165, 1.54) is 0 Å². The second-order valence-electron chi connectivity index (χ2n) is 4.55. The molecule has 1 heterocycles. The fourth-order valence-electron chi connectivity index (χ4n) is 1.88. The summed E-state index contributed by atoms with van der Waals surface area (Å²) < 4.78 is 11.8. The van der Waals surface area contributed by atoms with Crippen molar-refractivity contribution >= 4 is 27.5 Å². The molecule has 0 saturated heterocycles. The molecular formula is C16H11BrClNO2. The molecule has 0 saturated carbocycles. The summed E-state index contributed by atoms with van der Waals surface area (Å²) in [5, 5.41) is 4.50. The van der Waals surface area contributed by atoms with E-state index in [1.54, 1.807) is 12.1 Å². The van der Waals surface area contributed by atoms with E-state index < -0.39 is 0 Å². The standard InChI is InChI=1S/C16H11BrClNO2/c1-10-2-3-11(15-9-16(17)19-21-15)8-14(10)20-13-6-4-12(18)5-7-13/h2-9H,1H3. The Labute approximate surface area is 135 Å². The summed E-state index contributed by atoms with van der Waals surface area (Å²) in [6.07, 6.45) is 0. The molecule has 106 valence electrons. The van der Waals surface area contributed by atoms with Gasteiger partial charge in [-0.05, 0) is 58.7 Å². The van der Waals surface area contributed by atoms with E-state index in [1.807, 2.05) is 43.3 Å². The van der Waals surface area contributed by atoms with Crippen LogP contribution in [0.1, 0.15) is 5.56 Å². The van der Waals surface area contributed by atoms with Gasteiger partial charge in [-0.2, -0.15) is 0 Å². The molecule has 3 nitrogen and oxygen atoms in total. The largest absolute Gasteiger partial charge is 0.457 e. The molecule has 2 aromatic carbocycles. The van der Waals surface area contributed by atoms with E-state index in [2.05, 4.69) is 21.1 Å². The van der Waals surface area contributed by atoms with Crippen molar-refractivity contribution < 1.29 is 9.26 Å². The minimum absolute atomic E-state index is 0.665. The number of aromatic nitrogens is 1. The number of hydrogen-bond acceptors (Lipinski definition) is 3. The van der Waals surface area contributed by atoms with Crippen LogP contribution in [0.4, 0.5) is 0 Å². The highest BCUT2D eigenvalue weighted by Crippen LogP contribution is 2.31. The molecule has 0 N–H and O–H groups in total. The zero-order valence-electron chi connectivity index (χ0n) is 11.1. The van der Waals surface area contributed by atoms with Gasteiger partial charge in [0.1, 0.15) is 16.1 Å². The molecule has 0 spiro atoms. The average Bonchev–Trinajstić information content (AvgIpc) is 2.90. The van der Waals surface area contributed by atoms with Crippen LogP contribution in [0.15, 0.2) is 57.7 Å². The Hall–Kier alpha value is -1.78. The predicted molar refractivity (Wildman–Crippen MR) is 85.9 cm³/mol. The molecule has 3 rings (SSSR count). The number of hydrogen-bond donors (Lipinski definition) is 0. The second kappa shape index (κ2) is 5.92. The molecule has 0 bridgehead atoms. The predicted octanol–water partition coefficient (Wildman–Crippen LogP) is 5.86. The zero-order chi connectivity index (χ0) is 14.8. The van der Waals surface area contributed by atoms with Gasteiger partial charge in [-0.1, -0.05) is 28.9 Å². The first-order chi connectivity index (χ1) is 10.1. The fourth-order valence-corrected chi connectivity index (χ4v) is 2.29. The molecule has 0 aliphatic heterocycles. The van der Waals surface area contributed by atoms with Crippen molar-refractivity contribution in [1.82, 2.24) is 5.16 Å². The van der Waals surface area contributed by atoms with Crippen molar-refractivity contribution in [2.24, 2.45) is 0 Å². The minimum atomic E-state index is 0.665. The third-order valence-electron chi connectivity index (χ3n) is 3.00. The molecule has 0 unspecified atom stereocenters. The smallest absolute Gasteiger partial charge is 0.168 e. The summed E-state index contributed by atoms with van der Waals surface area (Å²) in [6, 6.07) is 15.0. The molecule has 0 aliphatic carbocycles. The van der Waals surface area contributed by atoms with Crippen LogP contribution in [0.5, 0.6) is 11.5 Å². The molecule has 1 aromatic heterocycles. The topological polar surface area (TPSA) is 35.3 Å². The maximum Gasteiger partial charge on any atom is 0.168 e. The summed E-state index contributed by atoms with van der Waals surface area (Å²) >= 11 is 9.15. The molecule has 3 aromatic rings. The normalized spacial score (nSPS) is 10.6. The van der Waals surface area contributed by atoms with Crippen LogP contribution in [0.3, 0.4) is 0 Å². The lowest BCUT2D eigenvalue weighted by atomic mass is 10.1. The van der Waals surface area contributed by atoms with Crippen molar-refractivity contribution in [2.75, 3.05) is 0 Å². The lowest BCUT2D eigenvalue weighted by molar-refractivity contribution is 0.427. The maximum atomic E-state index is 5.90. The number of rotatable bonds is 3. The van der Waals surface area contributed by atoms with E-state index in [-0.39, 0.29) is 0 Å². The summed E-state index contributed by atoms with van der Waals surface area (Å²) in [5.74, 6) is 2.18. The Kier molecular flexibility index (Phi) is 3.99. The molecule has 5 heteroatoms. The highest BCUT2D eigenvalue weighted by atomic mass is 79.9. The highest BCUT2D eigenvalue weighted by molar-refractivity contribution is 9.10. The number of halogens is 2. The van der Waals surface area contributed by atoms with Crippen LogP contribution < -0.4 is 4.74 Å². The highest BCUT2D eigenvalue weighted by Gasteiger charge is 2.09. The number of ether oxygens (including phenoxy) is 1. The summed E-state index contributed by atoms with van der Waals surface area (Å²) in [7, 11) is 0. The van der Waals surface area contributed by atoms with Gasteiger partial charge < -0.3 is 9.26 Å². The van der Waals surface area contributed by atoms with Crippen molar-refractivity contribution in [2.45, 2.75) is 6.92 Å². The third-order valence-corrected chi connectivity index (χ3v) is 3.62. The van der Waals surface area contributed by atoms with Gasteiger partial charge in [0, 0.05) is 16.7 Å². The monoisotopic (exact) mass is 363 g/mol. The third kappa shape index (κ3) is 3.28. The molecule has 0 fully saturated rings. The van der Waals surface area contributed by atoms with Gasteiger partial charge in [-0.3, -0.25) is 0 Å². The number of benzene rings is 2. The molecule has 21 heavy (non-hydrogen) atoms. The Morgan fingerprint density at radius 2 is 1.86 bits per heavy atom. The van der Waals surface area contributed by atoms with Crippen molar-refractivity contribution in [3.05, 3.63) is 63.7 Å². The fraction of sp³-hybridized carbons (Fsp3) is 0.0625. The first-order valence-corrected chi connectivity index (χ1v) is 7.45. The van der Waals surface area contributed by atoms with Gasteiger partial charge in [0.15, 0.2) is 5.76 Å². The van der Waals surface area contributed by atoms with E-state index in [4.69, 9.17) is 20.9 Å². The van der Waals surface area contributed by atoms with Crippen LogP contribution in [-0.2, 0) is 0 Å². The van der Waals surface area contributed by atoms with E-state index >= 15 is 0 Å². The molecule has 0 atom stereocenters. The first-order valence-electron chi connectivity index (χ1n) is 6.28. The van der Waals surface area contributed by atoms with Gasteiger partial charge in [0.25, 0.3) is 0 Å². The van der Waals surface area contributed by atoms with Crippen LogP contribution >= 0.6 is 27.5 Å². The first kappa shape index (κ1) is 14.2. The molecular weight excluding hydrogens is 354 g/mol. The van der Waals surface area contributed by atoms with Crippen molar-refractivity contribution in [3.8, 4) is 22.8 Å². The van der Waals surface area contributed by atoms with Crippen LogP contribution in [0.25, 0.3) is 11.3 Å². The molecule has 0 aliphatic rings. The van der Waals surface area contributed by atoms with Gasteiger partial charge in [0.05, 0.1) is 0 Å². The summed E-state index contributed by atoms with van der Waals surface area (Å²) in [6.45, 7) is 1.99. The van der Waals surface area contributed by atoms with Crippen LogP contribution in [0, 0.1) is 6.92 Å². The van der Waals surface area contributed by atoms with E-state index in [0.717, 1.165) is 22.6 Å². The van der Waals surface area contributed by atoms with Crippen molar-refractivity contribution in [1.29, 1.82) is 0 Å². The van der Waals surface area contributed by atoms with Gasteiger partial charge in [-0.15, -0.1) is 0 Å². The van der Waals surface area contributed by atoms with Gasteiger partial charge >= 0.3 is 0 Å². The second-order valence-corrected chi connectivity index (χ2v) is 5.80. The Bertz CT molecular complexity index is 768. The van der Waals surface area contributed by atoms with E-state index in [9.17, 15) is 0 Å². The summed E-state index contributed by atoms with van der Waals surface area (Å²) in [4.78, 5) is 0. The molecule has 0 radical (unpaired) electrons. The zero-order valence-corrected chi connectivity index (χ0v) is 13.5. The van der Waals surface area contributed by atoms with Crippen molar-refractivity contribution in [3.63, 3.8) is 0 Å². The minimum Gasteiger partial charge on any atom is -0.457 e. The van der Waals surface area contributed by atoms with Crippen LogP contribution in [0.2, 0.25) is 5.02 Å². The summed E-state index contributed by atoms with van der Waals surface area (Å²) in [5.41, 5.74) is 1.94. The Balaban J connectivity index is 1.92. The Morgan fingerprint density at radius 3 is 2.52 bits per heavy atom. The average molecular weight is 365 g/mol. The Morgan fingerprint density at radius 1 is 1.10 bits per heavy atom. The number of aryl methyl sites for hydroxylation is 1. The molecule has 0 amide bonds. The lowest BCUT2D eigenvalue weighted by Gasteiger charge is -2.10. The lowest BCUT2D eigenvalue weighted by Crippen LogP contribution is -1.88. The SMILES string of the molecule is Cc1ccc(-c2cc(Br)no2)cc1Oc1ccc(Cl)cc1. The van der Waals surface area contributed by atoms with Crippen LogP contribution in [-0.4, -0.2) is 5.16 Å². The quantitative estimate of drug-likeness (QED) is 0.584. The maximum absolute atomic E-state index is 5.90. The van der Waals surface area contributed by atoms with Gasteiger partial charge in [0.2, 0.25) is 0 Å². The number of nitrogens with zero attached hydrogens (tertiary/aromatic N) is 1. The van der Waals surface area contributed by atoms with Gasteiger partial charge in [-0.25, -0.2) is 0 Å².